The number of esters is 1. The fourth-order valence-electron chi connectivity index (χ4n) is 3.09. The largest absolute Gasteiger partial charge is 0.454 e. The van der Waals surface area contributed by atoms with E-state index in [9.17, 15) is 14.4 Å². The van der Waals surface area contributed by atoms with Crippen LogP contribution in [-0.4, -0.2) is 37.0 Å². The van der Waals surface area contributed by atoms with Crippen molar-refractivity contribution < 1.29 is 19.1 Å². The molecule has 1 heterocycles. The Morgan fingerprint density at radius 1 is 1.19 bits per heavy atom. The monoisotopic (exact) mass is 386 g/mol. The third-order valence-electron chi connectivity index (χ3n) is 4.31. The molecule has 1 aliphatic heterocycles. The van der Waals surface area contributed by atoms with Crippen molar-refractivity contribution in [2.75, 3.05) is 18.1 Å². The Hall–Kier alpha value is -2.86. The van der Waals surface area contributed by atoms with Gasteiger partial charge in [-0.05, 0) is 43.2 Å². The van der Waals surface area contributed by atoms with E-state index in [4.69, 9.17) is 16.3 Å². The molecular formula is C20H19ClN2O4. The zero-order valence-corrected chi connectivity index (χ0v) is 15.5. The van der Waals surface area contributed by atoms with Gasteiger partial charge in [-0.15, -0.1) is 0 Å². The van der Waals surface area contributed by atoms with Crippen molar-refractivity contribution >= 4 is 35.1 Å². The average Bonchev–Trinajstić information content (AvgIpc) is 2.99. The number of nitrogens with one attached hydrogen (secondary N) is 1. The van der Waals surface area contributed by atoms with Gasteiger partial charge in [-0.25, -0.2) is 0 Å². The van der Waals surface area contributed by atoms with Crippen LogP contribution in [0.25, 0.3) is 0 Å². The number of carbonyl (C=O) groups is 3. The first kappa shape index (κ1) is 18.9. The molecule has 1 N–H and O–H groups in total. The minimum Gasteiger partial charge on any atom is -0.454 e. The van der Waals surface area contributed by atoms with Crippen molar-refractivity contribution in [1.82, 2.24) is 5.32 Å². The van der Waals surface area contributed by atoms with Gasteiger partial charge in [0, 0.05) is 22.3 Å². The van der Waals surface area contributed by atoms with Crippen LogP contribution in [0.15, 0.2) is 48.5 Å². The van der Waals surface area contributed by atoms with E-state index in [-0.39, 0.29) is 25.1 Å². The van der Waals surface area contributed by atoms with E-state index in [2.05, 4.69) is 5.32 Å². The van der Waals surface area contributed by atoms with E-state index in [1.54, 1.807) is 23.1 Å². The Kier molecular flexibility index (Phi) is 5.76. The van der Waals surface area contributed by atoms with Gasteiger partial charge in [0.15, 0.2) is 6.61 Å². The second kappa shape index (κ2) is 8.22. The van der Waals surface area contributed by atoms with Crippen molar-refractivity contribution in [2.24, 2.45) is 0 Å². The van der Waals surface area contributed by atoms with Gasteiger partial charge in [0.05, 0.1) is 0 Å². The van der Waals surface area contributed by atoms with Crippen LogP contribution in [0.1, 0.15) is 22.8 Å². The maximum Gasteiger partial charge on any atom is 0.325 e. The summed E-state index contributed by atoms with van der Waals surface area (Å²) in [5.41, 5.74) is 2.28. The lowest BCUT2D eigenvalue weighted by molar-refractivity contribution is -0.146. The van der Waals surface area contributed by atoms with Crippen LogP contribution >= 0.6 is 11.6 Å². The van der Waals surface area contributed by atoms with E-state index in [0.717, 1.165) is 17.7 Å². The molecule has 3 rings (SSSR count). The molecule has 0 aliphatic carbocycles. The maximum atomic E-state index is 12.5. The number of hydrogen-bond acceptors (Lipinski definition) is 4. The number of nitrogens with zero attached hydrogens (tertiary/aromatic N) is 1. The molecule has 2 aromatic carbocycles. The van der Waals surface area contributed by atoms with Crippen molar-refractivity contribution in [3.8, 4) is 0 Å². The smallest absolute Gasteiger partial charge is 0.325 e. The number of amides is 2. The zero-order valence-electron chi connectivity index (χ0n) is 14.8. The molecule has 0 fully saturated rings. The normalized spacial score (nSPS) is 15.2. The van der Waals surface area contributed by atoms with E-state index in [1.165, 1.54) is 6.07 Å². The Morgan fingerprint density at radius 3 is 2.74 bits per heavy atom. The van der Waals surface area contributed by atoms with E-state index in [0.29, 0.717) is 10.6 Å². The van der Waals surface area contributed by atoms with E-state index in [1.807, 2.05) is 31.2 Å². The highest BCUT2D eigenvalue weighted by Crippen LogP contribution is 2.31. The van der Waals surface area contributed by atoms with E-state index >= 15 is 0 Å². The molecule has 0 radical (unpaired) electrons. The minimum atomic E-state index is -0.682. The van der Waals surface area contributed by atoms with Crippen LogP contribution < -0.4 is 10.2 Å². The molecule has 140 valence electrons. The van der Waals surface area contributed by atoms with Crippen LogP contribution in [0.5, 0.6) is 0 Å². The standard InChI is InChI=1S/C20H19ClN2O4/c1-13-9-14-5-2-3-8-17(14)23(13)18(24)12-27-19(25)11-22-20(26)15-6-4-7-16(21)10-15/h2-8,10,13H,9,11-12H2,1H3,(H,22,26). The van der Waals surface area contributed by atoms with Gasteiger partial charge in [-0.2, -0.15) is 0 Å². The van der Waals surface area contributed by atoms with Gasteiger partial charge in [-0.3, -0.25) is 14.4 Å². The molecule has 2 amide bonds. The SMILES string of the molecule is CC1Cc2ccccc2N1C(=O)COC(=O)CNC(=O)c1cccc(Cl)c1. The Balaban J connectivity index is 1.49. The summed E-state index contributed by atoms with van der Waals surface area (Å²) in [4.78, 5) is 37.9. The third kappa shape index (κ3) is 4.46. The minimum absolute atomic E-state index is 0.0103. The van der Waals surface area contributed by atoms with Crippen molar-refractivity contribution in [1.29, 1.82) is 0 Å². The molecule has 0 saturated heterocycles. The highest BCUT2D eigenvalue weighted by atomic mass is 35.5. The summed E-state index contributed by atoms with van der Waals surface area (Å²) in [7, 11) is 0. The maximum absolute atomic E-state index is 12.5. The van der Waals surface area contributed by atoms with Gasteiger partial charge in [0.1, 0.15) is 6.54 Å². The van der Waals surface area contributed by atoms with E-state index < -0.39 is 11.9 Å². The molecule has 0 aromatic heterocycles. The first-order valence-corrected chi connectivity index (χ1v) is 8.93. The molecule has 1 unspecified atom stereocenters. The van der Waals surface area contributed by atoms with Crippen LogP contribution in [0.4, 0.5) is 5.69 Å². The quantitative estimate of drug-likeness (QED) is 0.801. The van der Waals surface area contributed by atoms with Crippen LogP contribution in [-0.2, 0) is 20.7 Å². The Labute approximate surface area is 162 Å². The molecule has 0 saturated carbocycles. The summed E-state index contributed by atoms with van der Waals surface area (Å²) in [5, 5.41) is 2.87. The summed E-state index contributed by atoms with van der Waals surface area (Å²) in [6, 6.07) is 14.0. The van der Waals surface area contributed by atoms with Gasteiger partial charge < -0.3 is 15.0 Å². The van der Waals surface area contributed by atoms with Crippen molar-refractivity contribution in [3.05, 3.63) is 64.7 Å². The summed E-state index contributed by atoms with van der Waals surface area (Å²) in [6.07, 6.45) is 0.769. The average molecular weight is 387 g/mol. The molecule has 2 aromatic rings. The number of carbonyl (C=O) groups excluding carboxylic acids is 3. The lowest BCUT2D eigenvalue weighted by atomic mass is 10.1. The van der Waals surface area contributed by atoms with Crippen molar-refractivity contribution in [3.63, 3.8) is 0 Å². The number of para-hydroxylation sites is 1. The van der Waals surface area contributed by atoms with Crippen molar-refractivity contribution in [2.45, 2.75) is 19.4 Å². The molecule has 6 nitrogen and oxygen atoms in total. The fourth-order valence-corrected chi connectivity index (χ4v) is 3.28. The lowest BCUT2D eigenvalue weighted by Gasteiger charge is -2.22. The number of fused-ring (bicyclic) bond motifs is 1. The first-order chi connectivity index (χ1) is 13.0. The van der Waals surface area contributed by atoms with Crippen LogP contribution in [0.2, 0.25) is 5.02 Å². The number of benzene rings is 2. The molecule has 0 bridgehead atoms. The molecule has 27 heavy (non-hydrogen) atoms. The number of ether oxygens (including phenoxy) is 1. The summed E-state index contributed by atoms with van der Waals surface area (Å²) in [5.74, 6) is -1.41. The lowest BCUT2D eigenvalue weighted by Crippen LogP contribution is -2.39. The predicted octanol–water partition coefficient (Wildman–Crippen LogP) is 2.59. The first-order valence-electron chi connectivity index (χ1n) is 8.55. The molecule has 7 heteroatoms. The Bertz CT molecular complexity index is 884. The summed E-state index contributed by atoms with van der Waals surface area (Å²) >= 11 is 5.83. The second-order valence-electron chi connectivity index (χ2n) is 6.30. The van der Waals surface area contributed by atoms with Crippen LogP contribution in [0.3, 0.4) is 0 Å². The number of anilines is 1. The number of rotatable bonds is 5. The third-order valence-corrected chi connectivity index (χ3v) is 4.55. The molecular weight excluding hydrogens is 368 g/mol. The fraction of sp³-hybridized carbons (Fsp3) is 0.250. The molecule has 1 aliphatic rings. The number of halogens is 1. The molecule has 0 spiro atoms. The highest BCUT2D eigenvalue weighted by Gasteiger charge is 2.30. The number of hydrogen-bond donors (Lipinski definition) is 1. The van der Waals surface area contributed by atoms with Crippen LogP contribution in [0, 0.1) is 0 Å². The summed E-state index contributed by atoms with van der Waals surface area (Å²) < 4.78 is 5.02. The summed E-state index contributed by atoms with van der Waals surface area (Å²) in [6.45, 7) is 1.25. The van der Waals surface area contributed by atoms with Gasteiger partial charge in [-0.1, -0.05) is 35.9 Å². The second-order valence-corrected chi connectivity index (χ2v) is 6.74. The zero-order chi connectivity index (χ0) is 19.4. The highest BCUT2D eigenvalue weighted by molar-refractivity contribution is 6.31. The Morgan fingerprint density at radius 2 is 1.96 bits per heavy atom. The van der Waals surface area contributed by atoms with Gasteiger partial charge in [0.25, 0.3) is 11.8 Å². The van der Waals surface area contributed by atoms with Gasteiger partial charge in [0.2, 0.25) is 0 Å². The molecule has 1 atom stereocenters. The van der Waals surface area contributed by atoms with Gasteiger partial charge >= 0.3 is 5.97 Å². The predicted molar refractivity (Wildman–Crippen MR) is 102 cm³/mol. The topological polar surface area (TPSA) is 75.7 Å².